The maximum atomic E-state index is 14.1. The summed E-state index contributed by atoms with van der Waals surface area (Å²) in [5, 5.41) is 5.12. The molecule has 2 N–H and O–H groups in total. The van der Waals surface area contributed by atoms with Crippen molar-refractivity contribution in [1.82, 2.24) is 10.2 Å². The molecule has 5 rings (SSSR count). The van der Waals surface area contributed by atoms with Crippen LogP contribution >= 0.6 is 0 Å². The number of imide groups is 1. The minimum Gasteiger partial charge on any atom is -0.322 e. The number of carbonyl (C=O) groups excluding carboxylic acids is 4. The first kappa shape index (κ1) is 20.2. The van der Waals surface area contributed by atoms with E-state index in [-0.39, 0.29) is 49.1 Å². The molecular formula is C23H21FN4O4. The molecule has 0 aromatic heterocycles. The monoisotopic (exact) mass is 436 g/mol. The number of urea groups is 1. The fourth-order valence-electron chi connectivity index (χ4n) is 4.74. The van der Waals surface area contributed by atoms with Crippen LogP contribution in [0.15, 0.2) is 36.4 Å². The number of benzene rings is 2. The Kier molecular flexibility index (Phi) is 4.69. The summed E-state index contributed by atoms with van der Waals surface area (Å²) in [7, 11) is 0. The van der Waals surface area contributed by atoms with Crippen molar-refractivity contribution in [3.05, 3.63) is 58.9 Å². The number of nitrogens with one attached hydrogen (secondary N) is 2. The first-order chi connectivity index (χ1) is 15.3. The first-order valence-electron chi connectivity index (χ1n) is 10.5. The van der Waals surface area contributed by atoms with E-state index < -0.39 is 11.9 Å². The second kappa shape index (κ2) is 7.44. The summed E-state index contributed by atoms with van der Waals surface area (Å²) < 4.78 is 14.1. The van der Waals surface area contributed by atoms with E-state index >= 15 is 0 Å². The van der Waals surface area contributed by atoms with E-state index in [1.54, 1.807) is 30.3 Å². The van der Waals surface area contributed by atoms with E-state index in [0.29, 0.717) is 34.5 Å². The van der Waals surface area contributed by atoms with Gasteiger partial charge < -0.3 is 10.2 Å². The Bertz CT molecular complexity index is 1180. The van der Waals surface area contributed by atoms with E-state index in [1.165, 1.54) is 15.9 Å². The molecule has 2 aromatic rings. The van der Waals surface area contributed by atoms with Crippen molar-refractivity contribution in [2.75, 3.05) is 10.2 Å². The minimum absolute atomic E-state index is 0.188. The lowest BCUT2D eigenvalue weighted by molar-refractivity contribution is -0.136. The van der Waals surface area contributed by atoms with Gasteiger partial charge in [0.2, 0.25) is 11.8 Å². The molecule has 3 aliphatic heterocycles. The van der Waals surface area contributed by atoms with Crippen LogP contribution in [0.5, 0.6) is 0 Å². The van der Waals surface area contributed by atoms with Crippen LogP contribution in [0.25, 0.3) is 0 Å². The summed E-state index contributed by atoms with van der Waals surface area (Å²) in [6.07, 6.45) is 0.916. The Hall–Kier alpha value is -3.75. The Morgan fingerprint density at radius 1 is 1.19 bits per heavy atom. The second-order valence-corrected chi connectivity index (χ2v) is 8.36. The Labute approximate surface area is 183 Å². The summed E-state index contributed by atoms with van der Waals surface area (Å²) in [4.78, 5) is 52.4. The second-order valence-electron chi connectivity index (χ2n) is 8.36. The number of halogens is 1. The zero-order valence-corrected chi connectivity index (χ0v) is 17.4. The number of amides is 5. The number of anilines is 2. The van der Waals surface area contributed by atoms with Crippen LogP contribution in [0.3, 0.4) is 0 Å². The molecule has 1 fully saturated rings. The van der Waals surface area contributed by atoms with Gasteiger partial charge in [0.05, 0.1) is 5.69 Å². The van der Waals surface area contributed by atoms with Crippen LogP contribution in [0.4, 0.5) is 20.6 Å². The molecule has 3 heterocycles. The summed E-state index contributed by atoms with van der Waals surface area (Å²) >= 11 is 0. The molecule has 0 saturated carbocycles. The molecule has 8 nitrogen and oxygen atoms in total. The van der Waals surface area contributed by atoms with Crippen molar-refractivity contribution < 1.29 is 23.6 Å². The molecule has 32 heavy (non-hydrogen) atoms. The molecule has 1 unspecified atom stereocenters. The molecule has 2 atom stereocenters. The highest BCUT2D eigenvalue weighted by Gasteiger charge is 2.39. The van der Waals surface area contributed by atoms with Crippen molar-refractivity contribution in [2.45, 2.75) is 44.8 Å². The Morgan fingerprint density at radius 3 is 2.78 bits per heavy atom. The molecule has 1 saturated heterocycles. The van der Waals surface area contributed by atoms with E-state index in [2.05, 4.69) is 10.6 Å². The number of rotatable bonds is 2. The predicted molar refractivity (Wildman–Crippen MR) is 114 cm³/mol. The molecule has 3 aliphatic rings. The molecular weight excluding hydrogens is 415 g/mol. The van der Waals surface area contributed by atoms with Crippen LogP contribution in [0.2, 0.25) is 0 Å². The predicted octanol–water partition coefficient (Wildman–Crippen LogP) is 2.57. The largest absolute Gasteiger partial charge is 0.326 e. The molecule has 5 amide bonds. The maximum Gasteiger partial charge on any atom is 0.326 e. The fraction of sp³-hybridized carbons (Fsp3) is 0.304. The van der Waals surface area contributed by atoms with Gasteiger partial charge in [0.1, 0.15) is 11.9 Å². The van der Waals surface area contributed by atoms with Crippen LogP contribution in [-0.4, -0.2) is 40.7 Å². The number of carbonyl (C=O) groups is 4. The lowest BCUT2D eigenvalue weighted by atomic mass is 10.0. The topological polar surface area (TPSA) is 98.8 Å². The standard InChI is InChI=1S/C23H21FN4O4/c1-12-9-16-17(24)3-2-4-18(16)28(12)23(32)25-14-5-6-15-13(10-14)11-27(22(15)31)19-7-8-20(29)26-21(19)30/h2-6,10,12,19H,7-9,11H2,1H3,(H,25,32)(H,26,29,30)/t12-,19?/m1/s1. The Morgan fingerprint density at radius 2 is 2.00 bits per heavy atom. The summed E-state index contributed by atoms with van der Waals surface area (Å²) in [5.74, 6) is -1.40. The average molecular weight is 436 g/mol. The van der Waals surface area contributed by atoms with Gasteiger partial charge in [-0.1, -0.05) is 6.07 Å². The SMILES string of the molecule is C[C@@H]1Cc2c(F)cccc2N1C(=O)Nc1ccc2c(c1)CN(C1CCC(=O)NC1=O)C2=O. The lowest BCUT2D eigenvalue weighted by Crippen LogP contribution is -2.52. The van der Waals surface area contributed by atoms with Crippen molar-refractivity contribution in [3.8, 4) is 0 Å². The fourth-order valence-corrected chi connectivity index (χ4v) is 4.74. The maximum absolute atomic E-state index is 14.1. The highest BCUT2D eigenvalue weighted by molar-refractivity contribution is 6.07. The number of fused-ring (bicyclic) bond motifs is 2. The first-order valence-corrected chi connectivity index (χ1v) is 10.5. The van der Waals surface area contributed by atoms with Gasteiger partial charge in [0.25, 0.3) is 5.91 Å². The summed E-state index contributed by atoms with van der Waals surface area (Å²) in [6, 6.07) is 8.40. The molecule has 0 radical (unpaired) electrons. The van der Waals surface area contributed by atoms with Gasteiger partial charge in [0.15, 0.2) is 0 Å². The van der Waals surface area contributed by atoms with Gasteiger partial charge >= 0.3 is 6.03 Å². The van der Waals surface area contributed by atoms with Gasteiger partial charge in [-0.3, -0.25) is 24.6 Å². The highest BCUT2D eigenvalue weighted by Crippen LogP contribution is 2.35. The van der Waals surface area contributed by atoms with Crippen molar-refractivity contribution in [1.29, 1.82) is 0 Å². The molecule has 0 bridgehead atoms. The summed E-state index contributed by atoms with van der Waals surface area (Å²) in [5.41, 5.74) is 2.74. The van der Waals surface area contributed by atoms with E-state index in [9.17, 15) is 23.6 Å². The van der Waals surface area contributed by atoms with Gasteiger partial charge in [-0.2, -0.15) is 0 Å². The summed E-state index contributed by atoms with van der Waals surface area (Å²) in [6.45, 7) is 2.08. The lowest BCUT2D eigenvalue weighted by Gasteiger charge is -2.29. The van der Waals surface area contributed by atoms with Gasteiger partial charge in [-0.25, -0.2) is 9.18 Å². The Balaban J connectivity index is 1.34. The normalized spacial score (nSPS) is 22.0. The van der Waals surface area contributed by atoms with Gasteiger partial charge in [0, 0.05) is 35.8 Å². The molecule has 164 valence electrons. The van der Waals surface area contributed by atoms with E-state index in [0.717, 1.165) is 0 Å². The zero-order chi connectivity index (χ0) is 22.6. The molecule has 9 heteroatoms. The third-order valence-electron chi connectivity index (χ3n) is 6.29. The smallest absolute Gasteiger partial charge is 0.322 e. The van der Waals surface area contributed by atoms with Gasteiger partial charge in [-0.05, 0) is 55.7 Å². The van der Waals surface area contributed by atoms with Crippen LogP contribution in [0.1, 0.15) is 41.3 Å². The number of piperidine rings is 1. The quantitative estimate of drug-likeness (QED) is 0.707. The number of hydrogen-bond acceptors (Lipinski definition) is 4. The van der Waals surface area contributed by atoms with Crippen LogP contribution in [0, 0.1) is 5.82 Å². The zero-order valence-electron chi connectivity index (χ0n) is 17.4. The van der Waals surface area contributed by atoms with Crippen molar-refractivity contribution in [3.63, 3.8) is 0 Å². The van der Waals surface area contributed by atoms with Crippen molar-refractivity contribution >= 4 is 35.1 Å². The third kappa shape index (κ3) is 3.21. The third-order valence-corrected chi connectivity index (χ3v) is 6.29. The number of hydrogen-bond donors (Lipinski definition) is 2. The van der Waals surface area contributed by atoms with E-state index in [4.69, 9.17) is 0 Å². The van der Waals surface area contributed by atoms with Crippen LogP contribution in [-0.2, 0) is 22.6 Å². The minimum atomic E-state index is -0.692. The average Bonchev–Trinajstić information content (AvgIpc) is 3.25. The molecule has 0 spiro atoms. The van der Waals surface area contributed by atoms with E-state index in [1.807, 2.05) is 6.92 Å². The van der Waals surface area contributed by atoms with Crippen LogP contribution < -0.4 is 15.5 Å². The van der Waals surface area contributed by atoms with Gasteiger partial charge in [-0.15, -0.1) is 0 Å². The highest BCUT2D eigenvalue weighted by atomic mass is 19.1. The molecule has 0 aliphatic carbocycles. The molecule has 2 aromatic carbocycles. The number of nitrogens with zero attached hydrogens (tertiary/aromatic N) is 2. The van der Waals surface area contributed by atoms with Crippen molar-refractivity contribution in [2.24, 2.45) is 0 Å².